The van der Waals surface area contributed by atoms with Gasteiger partial charge in [0.15, 0.2) is 0 Å². The highest BCUT2D eigenvalue weighted by Gasteiger charge is 2.48. The first-order valence-corrected chi connectivity index (χ1v) is 6.14. The minimum absolute atomic E-state index is 0.290. The maximum atomic E-state index is 5.88. The molecule has 3 heteroatoms. The molecule has 1 aromatic carbocycles. The zero-order chi connectivity index (χ0) is 10.9. The predicted molar refractivity (Wildman–Crippen MR) is 66.7 cm³/mol. The molecule has 15 heavy (non-hydrogen) atoms. The number of nitrogens with two attached hydrogens (primary N) is 1. The molecule has 0 heterocycles. The molecule has 1 aromatic rings. The van der Waals surface area contributed by atoms with E-state index in [0.717, 1.165) is 6.54 Å². The van der Waals surface area contributed by atoms with Gasteiger partial charge in [-0.2, -0.15) is 0 Å². The molecule has 0 aliphatic heterocycles. The number of hydrogen-bond donors (Lipinski definition) is 2. The van der Waals surface area contributed by atoms with Crippen LogP contribution in [0.25, 0.3) is 0 Å². The Bertz CT molecular complexity index is 347. The summed E-state index contributed by atoms with van der Waals surface area (Å²) in [5.41, 5.74) is 7.49. The average molecular weight is 269 g/mol. The summed E-state index contributed by atoms with van der Waals surface area (Å²) in [5, 5.41) is 3.40. The molecule has 1 fully saturated rings. The van der Waals surface area contributed by atoms with Crippen molar-refractivity contribution in [3.63, 3.8) is 0 Å². The maximum absolute atomic E-state index is 5.88. The molecule has 2 rings (SSSR count). The van der Waals surface area contributed by atoms with Crippen molar-refractivity contribution in [2.24, 2.45) is 11.1 Å². The zero-order valence-electron chi connectivity index (χ0n) is 8.96. The number of hydrogen-bond acceptors (Lipinski definition) is 2. The Morgan fingerprint density at radius 2 is 2.13 bits per heavy atom. The van der Waals surface area contributed by atoms with Gasteiger partial charge in [-0.3, -0.25) is 0 Å². The molecule has 2 nitrogen and oxygen atoms in total. The second-order valence-electron chi connectivity index (χ2n) is 4.31. The second-order valence-corrected chi connectivity index (χ2v) is 5.16. The molecule has 82 valence electrons. The van der Waals surface area contributed by atoms with Gasteiger partial charge in [0.05, 0.1) is 0 Å². The van der Waals surface area contributed by atoms with Crippen molar-refractivity contribution in [1.29, 1.82) is 0 Å². The molecule has 1 aliphatic carbocycles. The first kappa shape index (κ1) is 11.1. The topological polar surface area (TPSA) is 38.0 Å². The van der Waals surface area contributed by atoms with Crippen LogP contribution in [0.2, 0.25) is 0 Å². The fraction of sp³-hybridized carbons (Fsp3) is 0.500. The van der Waals surface area contributed by atoms with Crippen molar-refractivity contribution in [3.8, 4) is 0 Å². The van der Waals surface area contributed by atoms with Crippen molar-refractivity contribution < 1.29 is 0 Å². The Hall–Kier alpha value is -0.380. The molecular formula is C12H17BrN2. The van der Waals surface area contributed by atoms with Crippen LogP contribution in [0.15, 0.2) is 28.7 Å². The maximum Gasteiger partial charge on any atom is 0.0398 e. The molecule has 0 aromatic heterocycles. The van der Waals surface area contributed by atoms with E-state index < -0.39 is 0 Å². The summed E-state index contributed by atoms with van der Waals surface area (Å²) in [7, 11) is 2.01. The van der Waals surface area contributed by atoms with Crippen LogP contribution < -0.4 is 11.1 Å². The van der Waals surface area contributed by atoms with Gasteiger partial charge in [-0.1, -0.05) is 34.1 Å². The van der Waals surface area contributed by atoms with E-state index in [2.05, 4.69) is 39.4 Å². The normalized spacial score (nSPS) is 19.9. The minimum atomic E-state index is 0.290. The summed E-state index contributed by atoms with van der Waals surface area (Å²) in [4.78, 5) is 0. The largest absolute Gasteiger partial charge is 0.330 e. The van der Waals surface area contributed by atoms with Crippen LogP contribution in [0, 0.1) is 5.41 Å². The Kier molecular flexibility index (Phi) is 3.14. The van der Waals surface area contributed by atoms with Gasteiger partial charge >= 0.3 is 0 Å². The third-order valence-electron chi connectivity index (χ3n) is 3.42. The van der Waals surface area contributed by atoms with Crippen LogP contribution in [-0.2, 0) is 0 Å². The first-order valence-electron chi connectivity index (χ1n) is 5.35. The molecule has 1 unspecified atom stereocenters. The van der Waals surface area contributed by atoms with E-state index in [-0.39, 0.29) is 0 Å². The lowest BCUT2D eigenvalue weighted by atomic mass is 9.90. The van der Waals surface area contributed by atoms with Crippen LogP contribution in [0.5, 0.6) is 0 Å². The van der Waals surface area contributed by atoms with E-state index in [4.69, 9.17) is 5.73 Å². The van der Waals surface area contributed by atoms with Gasteiger partial charge < -0.3 is 11.1 Å². The van der Waals surface area contributed by atoms with Crippen LogP contribution in [0.3, 0.4) is 0 Å². The van der Waals surface area contributed by atoms with Gasteiger partial charge in [0.25, 0.3) is 0 Å². The summed E-state index contributed by atoms with van der Waals surface area (Å²) in [5.74, 6) is 0. The number of benzene rings is 1. The molecule has 1 saturated carbocycles. The van der Waals surface area contributed by atoms with Gasteiger partial charge in [-0.05, 0) is 38.1 Å². The molecule has 3 N–H and O–H groups in total. The molecule has 0 bridgehead atoms. The standard InChI is InChI=1S/C12H17BrN2/c1-15-11(12(8-14)6-7-12)9-4-2-3-5-10(9)13/h2-5,11,15H,6-8,14H2,1H3. The molecule has 0 spiro atoms. The Balaban J connectivity index is 2.31. The summed E-state index contributed by atoms with van der Waals surface area (Å²) in [6.07, 6.45) is 2.46. The number of halogens is 1. The Morgan fingerprint density at radius 1 is 1.47 bits per heavy atom. The quantitative estimate of drug-likeness (QED) is 0.881. The molecule has 0 amide bonds. The van der Waals surface area contributed by atoms with Gasteiger partial charge in [0.2, 0.25) is 0 Å². The van der Waals surface area contributed by atoms with Crippen LogP contribution in [0.4, 0.5) is 0 Å². The van der Waals surface area contributed by atoms with Gasteiger partial charge in [-0.15, -0.1) is 0 Å². The number of nitrogens with one attached hydrogen (secondary N) is 1. The Morgan fingerprint density at radius 3 is 2.60 bits per heavy atom. The minimum Gasteiger partial charge on any atom is -0.330 e. The van der Waals surface area contributed by atoms with Crippen LogP contribution >= 0.6 is 15.9 Å². The lowest BCUT2D eigenvalue weighted by Gasteiger charge is -2.26. The van der Waals surface area contributed by atoms with Gasteiger partial charge in [0.1, 0.15) is 0 Å². The molecule has 0 saturated heterocycles. The molecular weight excluding hydrogens is 252 g/mol. The molecule has 1 atom stereocenters. The van der Waals surface area contributed by atoms with E-state index in [9.17, 15) is 0 Å². The molecule has 0 radical (unpaired) electrons. The van der Waals surface area contributed by atoms with Crippen molar-refractivity contribution in [3.05, 3.63) is 34.3 Å². The fourth-order valence-corrected chi connectivity index (χ4v) is 2.79. The lowest BCUT2D eigenvalue weighted by Crippen LogP contribution is -2.32. The summed E-state index contributed by atoms with van der Waals surface area (Å²) >= 11 is 3.61. The fourth-order valence-electron chi connectivity index (χ4n) is 2.27. The SMILES string of the molecule is CNC(c1ccccc1Br)C1(CN)CC1. The highest BCUT2D eigenvalue weighted by atomic mass is 79.9. The monoisotopic (exact) mass is 268 g/mol. The lowest BCUT2D eigenvalue weighted by molar-refractivity contribution is 0.365. The van der Waals surface area contributed by atoms with Crippen LogP contribution in [0.1, 0.15) is 24.4 Å². The highest BCUT2D eigenvalue weighted by molar-refractivity contribution is 9.10. The summed E-state index contributed by atoms with van der Waals surface area (Å²) in [6.45, 7) is 0.764. The van der Waals surface area contributed by atoms with Gasteiger partial charge in [-0.25, -0.2) is 0 Å². The predicted octanol–water partition coefficient (Wildman–Crippen LogP) is 2.45. The third kappa shape index (κ3) is 1.96. The Labute approximate surface area is 99.4 Å². The van der Waals surface area contributed by atoms with Crippen molar-refractivity contribution >= 4 is 15.9 Å². The zero-order valence-corrected chi connectivity index (χ0v) is 10.5. The first-order chi connectivity index (χ1) is 7.23. The average Bonchev–Trinajstić information content (AvgIpc) is 3.03. The van der Waals surface area contributed by atoms with E-state index >= 15 is 0 Å². The van der Waals surface area contributed by atoms with E-state index in [1.165, 1.54) is 22.9 Å². The van der Waals surface area contributed by atoms with E-state index in [1.54, 1.807) is 0 Å². The van der Waals surface area contributed by atoms with E-state index in [0.29, 0.717) is 11.5 Å². The summed E-state index contributed by atoms with van der Waals surface area (Å²) in [6, 6.07) is 8.75. The van der Waals surface area contributed by atoms with Gasteiger partial charge in [0, 0.05) is 15.9 Å². The molecule has 1 aliphatic rings. The van der Waals surface area contributed by atoms with Crippen molar-refractivity contribution in [1.82, 2.24) is 5.32 Å². The second kappa shape index (κ2) is 4.24. The summed E-state index contributed by atoms with van der Waals surface area (Å²) < 4.78 is 1.17. The van der Waals surface area contributed by atoms with Crippen molar-refractivity contribution in [2.75, 3.05) is 13.6 Å². The smallest absolute Gasteiger partial charge is 0.0398 e. The third-order valence-corrected chi connectivity index (χ3v) is 4.14. The number of rotatable bonds is 4. The van der Waals surface area contributed by atoms with E-state index in [1.807, 2.05) is 13.1 Å². The highest BCUT2D eigenvalue weighted by Crippen LogP contribution is 2.54. The van der Waals surface area contributed by atoms with Crippen LogP contribution in [-0.4, -0.2) is 13.6 Å². The van der Waals surface area contributed by atoms with Crippen molar-refractivity contribution in [2.45, 2.75) is 18.9 Å².